The van der Waals surface area contributed by atoms with Crippen molar-refractivity contribution in [2.45, 2.75) is 26.5 Å². The van der Waals surface area contributed by atoms with Crippen molar-refractivity contribution >= 4 is 11.6 Å². The van der Waals surface area contributed by atoms with Crippen LogP contribution in [0.15, 0.2) is 18.5 Å². The van der Waals surface area contributed by atoms with Gasteiger partial charge in [0.15, 0.2) is 5.82 Å². The summed E-state index contributed by atoms with van der Waals surface area (Å²) in [5.74, 6) is 2.25. The third-order valence-electron chi connectivity index (χ3n) is 2.83. The van der Waals surface area contributed by atoms with Gasteiger partial charge in [-0.05, 0) is 6.42 Å². The lowest BCUT2D eigenvalue weighted by molar-refractivity contribution is 0.178. The normalized spacial score (nSPS) is 10.6. The molecule has 7 nitrogen and oxygen atoms in total. The topological polar surface area (TPSA) is 76.9 Å². The van der Waals surface area contributed by atoms with Crippen LogP contribution in [0.5, 0.6) is 0 Å². The molecule has 0 atom stereocenters. The maximum absolute atomic E-state index is 5.11. The minimum atomic E-state index is 0.392. The highest BCUT2D eigenvalue weighted by molar-refractivity contribution is 5.47. The number of ether oxygens (including phenoxy) is 1. The summed E-state index contributed by atoms with van der Waals surface area (Å²) in [5.41, 5.74) is 1.10. The Morgan fingerprint density at radius 1 is 1.24 bits per heavy atom. The molecule has 114 valence electrons. The van der Waals surface area contributed by atoms with Gasteiger partial charge in [-0.1, -0.05) is 6.92 Å². The zero-order chi connectivity index (χ0) is 15.1. The Morgan fingerprint density at radius 3 is 2.62 bits per heavy atom. The molecule has 0 spiro atoms. The summed E-state index contributed by atoms with van der Waals surface area (Å²) in [7, 11) is 3.54. The van der Waals surface area contributed by atoms with Crippen LogP contribution in [-0.4, -0.2) is 33.4 Å². The number of hydrogen-bond acceptors (Lipinski definition) is 6. The maximum atomic E-state index is 5.11. The first-order valence-electron chi connectivity index (χ1n) is 7.03. The summed E-state index contributed by atoms with van der Waals surface area (Å²) in [6, 6.07) is 1.91. The SMILES string of the molecule is CCCNc1cc(NCc2cnn(C)c2)nc(COC)n1. The van der Waals surface area contributed by atoms with E-state index in [1.54, 1.807) is 11.8 Å². The second-order valence-electron chi connectivity index (χ2n) is 4.79. The summed E-state index contributed by atoms with van der Waals surface area (Å²) in [5, 5.41) is 10.7. The first-order chi connectivity index (χ1) is 10.2. The summed E-state index contributed by atoms with van der Waals surface area (Å²) >= 11 is 0. The largest absolute Gasteiger partial charge is 0.377 e. The zero-order valence-electron chi connectivity index (χ0n) is 12.8. The molecular weight excluding hydrogens is 268 g/mol. The van der Waals surface area contributed by atoms with Crippen LogP contribution in [0.1, 0.15) is 24.7 Å². The first-order valence-corrected chi connectivity index (χ1v) is 7.03. The van der Waals surface area contributed by atoms with Crippen LogP contribution in [0.3, 0.4) is 0 Å². The van der Waals surface area contributed by atoms with Crippen LogP contribution in [-0.2, 0) is 24.9 Å². The molecule has 0 aromatic carbocycles. The van der Waals surface area contributed by atoms with Gasteiger partial charge < -0.3 is 15.4 Å². The molecule has 0 aliphatic rings. The van der Waals surface area contributed by atoms with E-state index in [9.17, 15) is 0 Å². The van der Waals surface area contributed by atoms with Crippen molar-refractivity contribution in [3.63, 3.8) is 0 Å². The van der Waals surface area contributed by atoms with Crippen molar-refractivity contribution < 1.29 is 4.74 Å². The van der Waals surface area contributed by atoms with E-state index in [1.165, 1.54) is 0 Å². The molecule has 7 heteroatoms. The van der Waals surface area contributed by atoms with E-state index in [4.69, 9.17) is 4.74 Å². The lowest BCUT2D eigenvalue weighted by Crippen LogP contribution is -2.09. The fraction of sp³-hybridized carbons (Fsp3) is 0.500. The van der Waals surface area contributed by atoms with Crippen molar-refractivity contribution in [2.24, 2.45) is 7.05 Å². The number of anilines is 2. The van der Waals surface area contributed by atoms with Crippen molar-refractivity contribution in [2.75, 3.05) is 24.3 Å². The van der Waals surface area contributed by atoms with Crippen molar-refractivity contribution in [3.05, 3.63) is 29.8 Å². The molecule has 2 heterocycles. The van der Waals surface area contributed by atoms with Gasteiger partial charge in [0.05, 0.1) is 6.20 Å². The van der Waals surface area contributed by atoms with Gasteiger partial charge in [-0.25, -0.2) is 9.97 Å². The molecule has 2 aromatic rings. The Morgan fingerprint density at radius 2 is 2.00 bits per heavy atom. The second kappa shape index (κ2) is 7.58. The predicted molar refractivity (Wildman–Crippen MR) is 82.1 cm³/mol. The van der Waals surface area contributed by atoms with E-state index in [-0.39, 0.29) is 0 Å². The number of methoxy groups -OCH3 is 1. The Labute approximate surface area is 124 Å². The predicted octanol–water partition coefficient (Wildman–Crippen LogP) is 1.79. The van der Waals surface area contributed by atoms with Crippen molar-refractivity contribution in [1.82, 2.24) is 19.7 Å². The third-order valence-corrected chi connectivity index (χ3v) is 2.83. The molecule has 0 radical (unpaired) electrons. The Balaban J connectivity index is 2.07. The van der Waals surface area contributed by atoms with E-state index >= 15 is 0 Å². The fourth-order valence-corrected chi connectivity index (χ4v) is 1.88. The van der Waals surface area contributed by atoms with Crippen LogP contribution in [0.25, 0.3) is 0 Å². The highest BCUT2D eigenvalue weighted by Gasteiger charge is 2.05. The highest BCUT2D eigenvalue weighted by atomic mass is 16.5. The van der Waals surface area contributed by atoms with Crippen molar-refractivity contribution in [1.29, 1.82) is 0 Å². The van der Waals surface area contributed by atoms with Crippen LogP contribution in [0.4, 0.5) is 11.6 Å². The summed E-state index contributed by atoms with van der Waals surface area (Å²) in [6.07, 6.45) is 4.85. The van der Waals surface area contributed by atoms with E-state index in [2.05, 4.69) is 32.6 Å². The lowest BCUT2D eigenvalue weighted by Gasteiger charge is -2.10. The number of nitrogens with one attached hydrogen (secondary N) is 2. The van der Waals surface area contributed by atoms with Gasteiger partial charge >= 0.3 is 0 Å². The number of nitrogens with zero attached hydrogens (tertiary/aromatic N) is 4. The Bertz CT molecular complexity index is 568. The van der Waals surface area contributed by atoms with E-state index < -0.39 is 0 Å². The van der Waals surface area contributed by atoms with Crippen molar-refractivity contribution in [3.8, 4) is 0 Å². The third kappa shape index (κ3) is 4.71. The summed E-state index contributed by atoms with van der Waals surface area (Å²) < 4.78 is 6.89. The zero-order valence-corrected chi connectivity index (χ0v) is 12.8. The van der Waals surface area contributed by atoms with E-state index in [1.807, 2.05) is 25.5 Å². The van der Waals surface area contributed by atoms with E-state index in [0.29, 0.717) is 19.0 Å². The second-order valence-corrected chi connectivity index (χ2v) is 4.79. The average Bonchev–Trinajstić information content (AvgIpc) is 2.89. The first kappa shape index (κ1) is 15.2. The average molecular weight is 290 g/mol. The van der Waals surface area contributed by atoms with Crippen LogP contribution in [0.2, 0.25) is 0 Å². The molecule has 0 bridgehead atoms. The van der Waals surface area contributed by atoms with Gasteiger partial charge in [0.2, 0.25) is 0 Å². The summed E-state index contributed by atoms with van der Waals surface area (Å²) in [4.78, 5) is 8.85. The number of aryl methyl sites for hydroxylation is 1. The molecule has 0 aliphatic heterocycles. The van der Waals surface area contributed by atoms with Gasteiger partial charge in [-0.3, -0.25) is 4.68 Å². The van der Waals surface area contributed by atoms with Crippen LogP contribution >= 0.6 is 0 Å². The standard InChI is InChI=1S/C14H22N6O/c1-4-5-15-12-6-13(19-14(18-12)10-21-3)16-7-11-8-17-20(2)9-11/h6,8-9H,4-5,7,10H2,1-3H3,(H2,15,16,18,19). The maximum Gasteiger partial charge on any atom is 0.158 e. The van der Waals surface area contributed by atoms with Crippen LogP contribution < -0.4 is 10.6 Å². The van der Waals surface area contributed by atoms with Gasteiger partial charge in [0, 0.05) is 45.1 Å². The molecular formula is C14H22N6O. The molecule has 2 rings (SSSR count). The quantitative estimate of drug-likeness (QED) is 0.772. The van der Waals surface area contributed by atoms with Gasteiger partial charge in [-0.15, -0.1) is 0 Å². The molecule has 0 saturated heterocycles. The smallest absolute Gasteiger partial charge is 0.158 e. The Kier molecular flexibility index (Phi) is 5.51. The van der Waals surface area contributed by atoms with Crippen LogP contribution in [0, 0.1) is 0 Å². The Hall–Kier alpha value is -2.15. The molecule has 0 fully saturated rings. The number of rotatable bonds is 8. The number of aromatic nitrogens is 4. The van der Waals surface area contributed by atoms with Gasteiger partial charge in [0.1, 0.15) is 18.2 Å². The minimum absolute atomic E-state index is 0.392. The molecule has 0 amide bonds. The van der Waals surface area contributed by atoms with Gasteiger partial charge in [0.25, 0.3) is 0 Å². The van der Waals surface area contributed by atoms with E-state index in [0.717, 1.165) is 30.2 Å². The fourth-order valence-electron chi connectivity index (χ4n) is 1.88. The molecule has 21 heavy (non-hydrogen) atoms. The minimum Gasteiger partial charge on any atom is -0.377 e. The monoisotopic (exact) mass is 290 g/mol. The number of hydrogen-bond donors (Lipinski definition) is 2. The molecule has 2 aromatic heterocycles. The molecule has 0 aliphatic carbocycles. The molecule has 0 saturated carbocycles. The van der Waals surface area contributed by atoms with Gasteiger partial charge in [-0.2, -0.15) is 5.10 Å². The molecule has 0 unspecified atom stereocenters. The highest BCUT2D eigenvalue weighted by Crippen LogP contribution is 2.13. The summed E-state index contributed by atoms with van der Waals surface area (Å²) in [6.45, 7) is 4.06. The molecule has 2 N–H and O–H groups in total. The lowest BCUT2D eigenvalue weighted by atomic mass is 10.3.